The van der Waals surface area contributed by atoms with E-state index in [0.717, 1.165) is 11.1 Å². The van der Waals surface area contributed by atoms with Gasteiger partial charge in [-0.1, -0.05) is 112 Å². The lowest BCUT2D eigenvalue weighted by molar-refractivity contribution is 0.285. The highest BCUT2D eigenvalue weighted by Gasteiger charge is 2.50. The number of benzene rings is 3. The Kier molecular flexibility index (Phi) is 6.72. The molecule has 0 unspecified atom stereocenters. The summed E-state index contributed by atoms with van der Waals surface area (Å²) in [7, 11) is -2.66. The van der Waals surface area contributed by atoms with Crippen molar-refractivity contribution < 1.29 is 4.43 Å². The second-order valence-corrected chi connectivity index (χ2v) is 13.6. The molecule has 1 heterocycles. The van der Waals surface area contributed by atoms with Crippen molar-refractivity contribution in [2.75, 3.05) is 0 Å². The lowest BCUT2D eigenvalue weighted by Crippen LogP contribution is -2.66. The van der Waals surface area contributed by atoms with E-state index in [1.165, 1.54) is 15.1 Å². The fraction of sp³-hybridized carbons (Fsp3) is 0.214. The summed E-state index contributed by atoms with van der Waals surface area (Å²) in [6.45, 7) is 7.52. The Morgan fingerprint density at radius 3 is 1.79 bits per heavy atom. The molecule has 0 saturated heterocycles. The molecule has 168 valence electrons. The van der Waals surface area contributed by atoms with Gasteiger partial charge in [0, 0.05) is 11.6 Å². The first-order chi connectivity index (χ1) is 15.9. The predicted molar refractivity (Wildman–Crippen MR) is 136 cm³/mol. The third kappa shape index (κ3) is 4.89. The first kappa shape index (κ1) is 22.9. The van der Waals surface area contributed by atoms with E-state index < -0.39 is 8.32 Å². The summed E-state index contributed by atoms with van der Waals surface area (Å²) in [5, 5.41) is 6.74. The first-order valence-electron chi connectivity index (χ1n) is 11.3. The van der Waals surface area contributed by atoms with Crippen LogP contribution in [0.25, 0.3) is 0 Å². The lowest BCUT2D eigenvalue weighted by Gasteiger charge is -2.43. The van der Waals surface area contributed by atoms with Crippen LogP contribution < -0.4 is 15.9 Å². The standard InChI is InChI=1S/C28H30N2O2Si/c1-28(2,3)33(25-15-9-5-10-16-25,26-17-11-6-12-18-26)32-22-24-19-27(31)30(29-20-24)21-23-13-7-4-8-14-23/h4-20H,21-22H2,1-3H3. The Bertz CT molecular complexity index is 1190. The Labute approximate surface area is 196 Å². The summed E-state index contributed by atoms with van der Waals surface area (Å²) in [6, 6.07) is 32.5. The highest BCUT2D eigenvalue weighted by Crippen LogP contribution is 2.37. The van der Waals surface area contributed by atoms with Crippen LogP contribution in [0.5, 0.6) is 0 Å². The van der Waals surface area contributed by atoms with Crippen molar-refractivity contribution in [3.05, 3.63) is 125 Å². The zero-order valence-electron chi connectivity index (χ0n) is 19.4. The van der Waals surface area contributed by atoms with Crippen LogP contribution in [0.4, 0.5) is 0 Å². The topological polar surface area (TPSA) is 44.1 Å². The molecule has 0 N–H and O–H groups in total. The van der Waals surface area contributed by atoms with E-state index in [4.69, 9.17) is 4.43 Å². The van der Waals surface area contributed by atoms with Crippen LogP contribution in [-0.4, -0.2) is 18.1 Å². The van der Waals surface area contributed by atoms with Crippen molar-refractivity contribution in [2.24, 2.45) is 0 Å². The summed E-state index contributed by atoms with van der Waals surface area (Å²) >= 11 is 0. The van der Waals surface area contributed by atoms with Gasteiger partial charge in [0.1, 0.15) is 0 Å². The Morgan fingerprint density at radius 1 is 0.788 bits per heavy atom. The van der Waals surface area contributed by atoms with E-state index in [1.54, 1.807) is 12.3 Å². The van der Waals surface area contributed by atoms with Gasteiger partial charge in [0.2, 0.25) is 0 Å². The van der Waals surface area contributed by atoms with Crippen LogP contribution >= 0.6 is 0 Å². The van der Waals surface area contributed by atoms with Crippen molar-refractivity contribution >= 4 is 18.7 Å². The van der Waals surface area contributed by atoms with Crippen molar-refractivity contribution in [2.45, 2.75) is 39.0 Å². The molecule has 0 radical (unpaired) electrons. The van der Waals surface area contributed by atoms with Crippen molar-refractivity contribution in [3.63, 3.8) is 0 Å². The van der Waals surface area contributed by atoms with Crippen molar-refractivity contribution in [1.82, 2.24) is 9.78 Å². The number of hydrogen-bond donors (Lipinski definition) is 0. The fourth-order valence-corrected chi connectivity index (χ4v) is 8.92. The van der Waals surface area contributed by atoms with Gasteiger partial charge in [-0.15, -0.1) is 0 Å². The van der Waals surface area contributed by atoms with Gasteiger partial charge in [-0.05, 0) is 21.0 Å². The third-order valence-electron chi connectivity index (χ3n) is 5.97. The molecule has 0 atom stereocenters. The van der Waals surface area contributed by atoms with Crippen LogP contribution in [0.1, 0.15) is 31.9 Å². The van der Waals surface area contributed by atoms with E-state index >= 15 is 0 Å². The van der Waals surface area contributed by atoms with Gasteiger partial charge >= 0.3 is 0 Å². The first-order valence-corrected chi connectivity index (χ1v) is 13.2. The van der Waals surface area contributed by atoms with Gasteiger partial charge in [0.15, 0.2) is 0 Å². The van der Waals surface area contributed by atoms with E-state index in [-0.39, 0.29) is 10.6 Å². The molecule has 0 spiro atoms. The van der Waals surface area contributed by atoms with E-state index in [2.05, 4.69) is 74.4 Å². The Balaban J connectivity index is 1.67. The molecule has 5 heteroatoms. The number of rotatable bonds is 7. The van der Waals surface area contributed by atoms with Crippen LogP contribution in [0.2, 0.25) is 5.04 Å². The fourth-order valence-electron chi connectivity index (χ4n) is 4.38. The lowest BCUT2D eigenvalue weighted by atomic mass is 10.2. The smallest absolute Gasteiger partial charge is 0.267 e. The quantitative estimate of drug-likeness (QED) is 0.390. The summed E-state index contributed by atoms with van der Waals surface area (Å²) in [5.74, 6) is 0. The van der Waals surface area contributed by atoms with Gasteiger partial charge in [-0.3, -0.25) is 4.79 Å². The van der Waals surface area contributed by atoms with E-state index in [0.29, 0.717) is 13.2 Å². The molecule has 4 nitrogen and oxygen atoms in total. The van der Waals surface area contributed by atoms with Crippen LogP contribution in [0.15, 0.2) is 108 Å². The summed E-state index contributed by atoms with van der Waals surface area (Å²) < 4.78 is 8.40. The average Bonchev–Trinajstić information content (AvgIpc) is 2.82. The summed E-state index contributed by atoms with van der Waals surface area (Å²) in [6.07, 6.45) is 1.75. The van der Waals surface area contributed by atoms with E-state index in [1.807, 2.05) is 42.5 Å². The number of aromatic nitrogens is 2. The molecule has 0 fully saturated rings. The highest BCUT2D eigenvalue weighted by atomic mass is 28.4. The SMILES string of the molecule is CC(C)(C)[Si](OCc1cnn(Cc2ccccc2)c(=O)c1)(c1ccccc1)c1ccccc1. The second kappa shape index (κ2) is 9.69. The minimum absolute atomic E-state index is 0.120. The third-order valence-corrected chi connectivity index (χ3v) is 11.0. The number of nitrogens with zero attached hydrogens (tertiary/aromatic N) is 2. The highest BCUT2D eigenvalue weighted by molar-refractivity contribution is 6.99. The molecule has 1 aromatic heterocycles. The minimum Gasteiger partial charge on any atom is -0.403 e. The largest absolute Gasteiger partial charge is 0.403 e. The molecular weight excluding hydrogens is 424 g/mol. The van der Waals surface area contributed by atoms with Crippen LogP contribution in [0, 0.1) is 0 Å². The molecule has 4 rings (SSSR count). The molecular formula is C28H30N2O2Si. The van der Waals surface area contributed by atoms with Gasteiger partial charge in [0.25, 0.3) is 13.9 Å². The predicted octanol–water partition coefficient (Wildman–Crippen LogP) is 4.37. The van der Waals surface area contributed by atoms with Crippen molar-refractivity contribution in [1.29, 1.82) is 0 Å². The Hall–Kier alpha value is -3.28. The average molecular weight is 455 g/mol. The molecule has 0 aliphatic rings. The van der Waals surface area contributed by atoms with Crippen molar-refractivity contribution in [3.8, 4) is 0 Å². The van der Waals surface area contributed by atoms with Crippen LogP contribution in [0.3, 0.4) is 0 Å². The molecule has 0 saturated carbocycles. The normalized spacial score (nSPS) is 12.0. The molecule has 4 aromatic rings. The van der Waals surface area contributed by atoms with Crippen LogP contribution in [-0.2, 0) is 17.6 Å². The summed E-state index contributed by atoms with van der Waals surface area (Å²) in [4.78, 5) is 12.8. The Morgan fingerprint density at radius 2 is 1.30 bits per heavy atom. The molecule has 3 aromatic carbocycles. The molecule has 0 aliphatic heterocycles. The van der Waals surface area contributed by atoms with Gasteiger partial charge in [0.05, 0.1) is 19.3 Å². The minimum atomic E-state index is -2.66. The zero-order valence-corrected chi connectivity index (χ0v) is 20.4. The maximum absolute atomic E-state index is 12.8. The monoisotopic (exact) mass is 454 g/mol. The van der Waals surface area contributed by atoms with Gasteiger partial charge in [-0.2, -0.15) is 5.10 Å². The zero-order chi connectivity index (χ0) is 23.3. The molecule has 0 aliphatic carbocycles. The van der Waals surface area contributed by atoms with E-state index in [9.17, 15) is 4.79 Å². The summed E-state index contributed by atoms with van der Waals surface area (Å²) in [5.41, 5.74) is 1.71. The number of hydrogen-bond acceptors (Lipinski definition) is 3. The second-order valence-electron chi connectivity index (χ2n) is 9.30. The maximum atomic E-state index is 12.8. The van der Waals surface area contributed by atoms with Gasteiger partial charge < -0.3 is 4.43 Å². The molecule has 33 heavy (non-hydrogen) atoms. The van der Waals surface area contributed by atoms with Gasteiger partial charge in [-0.25, -0.2) is 4.68 Å². The maximum Gasteiger partial charge on any atom is 0.267 e. The molecule has 0 bridgehead atoms. The molecule has 0 amide bonds.